The summed E-state index contributed by atoms with van der Waals surface area (Å²) in [7, 11) is 0. The van der Waals surface area contributed by atoms with Crippen LogP contribution in [0.15, 0.2) is 28.7 Å². The number of ether oxygens (including phenoxy) is 1. The van der Waals surface area contributed by atoms with Crippen LogP contribution in [0.4, 0.5) is 0 Å². The molecule has 2 aromatic rings. The molecule has 1 heterocycles. The minimum atomic E-state index is -0.348. The summed E-state index contributed by atoms with van der Waals surface area (Å²) in [5, 5.41) is 1.02. The standard InChI is InChI=1S/C14H14BrNO2/c1-3-9-7-10-8-11(15)5-6-12(10)16-13(9)14(17)18-4-2/h5-8H,3-4H2,1-2H3. The third-order valence-electron chi connectivity index (χ3n) is 2.71. The molecule has 0 fully saturated rings. The average molecular weight is 308 g/mol. The zero-order valence-electron chi connectivity index (χ0n) is 10.4. The number of pyridine rings is 1. The maximum absolute atomic E-state index is 11.8. The first kappa shape index (κ1) is 13.0. The Kier molecular flexibility index (Phi) is 3.97. The normalized spacial score (nSPS) is 10.6. The molecule has 0 atom stereocenters. The maximum atomic E-state index is 11.8. The zero-order chi connectivity index (χ0) is 13.1. The molecule has 0 aliphatic carbocycles. The molecule has 0 amide bonds. The van der Waals surface area contributed by atoms with Crippen LogP contribution in [0, 0.1) is 0 Å². The Bertz CT molecular complexity index is 596. The van der Waals surface area contributed by atoms with Crippen molar-refractivity contribution in [2.24, 2.45) is 0 Å². The van der Waals surface area contributed by atoms with Gasteiger partial charge in [-0.3, -0.25) is 0 Å². The molecular formula is C14H14BrNO2. The number of fused-ring (bicyclic) bond motifs is 1. The van der Waals surface area contributed by atoms with E-state index in [4.69, 9.17) is 4.74 Å². The summed E-state index contributed by atoms with van der Waals surface area (Å²) < 4.78 is 6.03. The minimum Gasteiger partial charge on any atom is -0.461 e. The quantitative estimate of drug-likeness (QED) is 0.811. The lowest BCUT2D eigenvalue weighted by Crippen LogP contribution is -2.10. The fourth-order valence-electron chi connectivity index (χ4n) is 1.84. The van der Waals surface area contributed by atoms with E-state index in [1.165, 1.54) is 0 Å². The van der Waals surface area contributed by atoms with Crippen LogP contribution in [-0.4, -0.2) is 17.6 Å². The second-order valence-corrected chi connectivity index (χ2v) is 4.82. The van der Waals surface area contributed by atoms with E-state index >= 15 is 0 Å². The van der Waals surface area contributed by atoms with Gasteiger partial charge in [-0.05, 0) is 43.2 Å². The Morgan fingerprint density at radius 3 is 2.78 bits per heavy atom. The Balaban J connectivity index is 2.59. The fourth-order valence-corrected chi connectivity index (χ4v) is 2.22. The minimum absolute atomic E-state index is 0.348. The zero-order valence-corrected chi connectivity index (χ0v) is 12.0. The van der Waals surface area contributed by atoms with Crippen LogP contribution >= 0.6 is 15.9 Å². The van der Waals surface area contributed by atoms with Crippen molar-refractivity contribution in [3.05, 3.63) is 40.0 Å². The second-order valence-electron chi connectivity index (χ2n) is 3.91. The molecule has 0 N–H and O–H groups in total. The summed E-state index contributed by atoms with van der Waals surface area (Å²) in [6.45, 7) is 4.16. The van der Waals surface area contributed by atoms with Crippen molar-refractivity contribution in [2.45, 2.75) is 20.3 Å². The highest BCUT2D eigenvalue weighted by Crippen LogP contribution is 2.22. The number of hydrogen-bond acceptors (Lipinski definition) is 3. The highest BCUT2D eigenvalue weighted by Gasteiger charge is 2.14. The number of rotatable bonds is 3. The third-order valence-corrected chi connectivity index (χ3v) is 3.20. The Morgan fingerprint density at radius 2 is 2.11 bits per heavy atom. The average Bonchev–Trinajstić information content (AvgIpc) is 2.37. The molecule has 0 bridgehead atoms. The fraction of sp³-hybridized carbons (Fsp3) is 0.286. The third kappa shape index (κ3) is 2.53. The van der Waals surface area contributed by atoms with E-state index < -0.39 is 0 Å². The van der Waals surface area contributed by atoms with Crippen LogP contribution in [0.3, 0.4) is 0 Å². The number of hydrogen-bond donors (Lipinski definition) is 0. The van der Waals surface area contributed by atoms with Gasteiger partial charge in [0.2, 0.25) is 0 Å². The maximum Gasteiger partial charge on any atom is 0.357 e. The predicted octanol–water partition coefficient (Wildman–Crippen LogP) is 3.74. The molecule has 0 unspecified atom stereocenters. The lowest BCUT2D eigenvalue weighted by Gasteiger charge is -2.08. The Hall–Kier alpha value is -1.42. The van der Waals surface area contributed by atoms with Crippen LogP contribution in [0.2, 0.25) is 0 Å². The highest BCUT2D eigenvalue weighted by atomic mass is 79.9. The smallest absolute Gasteiger partial charge is 0.357 e. The van der Waals surface area contributed by atoms with Gasteiger partial charge >= 0.3 is 5.97 Å². The van der Waals surface area contributed by atoms with Crippen LogP contribution in [0.25, 0.3) is 10.9 Å². The lowest BCUT2D eigenvalue weighted by molar-refractivity contribution is 0.0518. The number of carbonyl (C=O) groups excluding carboxylic acids is 1. The molecule has 0 saturated carbocycles. The van der Waals surface area contributed by atoms with Crippen LogP contribution < -0.4 is 0 Å². The summed E-state index contributed by atoms with van der Waals surface area (Å²) in [4.78, 5) is 16.3. The first-order valence-electron chi connectivity index (χ1n) is 5.92. The molecule has 3 nitrogen and oxygen atoms in total. The largest absolute Gasteiger partial charge is 0.461 e. The van der Waals surface area contributed by atoms with Crippen molar-refractivity contribution in [3.8, 4) is 0 Å². The molecule has 1 aromatic carbocycles. The number of carbonyl (C=O) groups is 1. The Morgan fingerprint density at radius 1 is 1.33 bits per heavy atom. The number of halogens is 1. The van der Waals surface area contributed by atoms with Gasteiger partial charge in [-0.1, -0.05) is 22.9 Å². The van der Waals surface area contributed by atoms with E-state index in [-0.39, 0.29) is 5.97 Å². The van der Waals surface area contributed by atoms with Gasteiger partial charge < -0.3 is 4.74 Å². The number of aryl methyl sites for hydroxylation is 1. The molecule has 0 aliphatic rings. The molecule has 0 radical (unpaired) electrons. The van der Waals surface area contributed by atoms with E-state index in [0.29, 0.717) is 12.3 Å². The first-order chi connectivity index (χ1) is 8.65. The van der Waals surface area contributed by atoms with Gasteiger partial charge in [-0.15, -0.1) is 0 Å². The number of aromatic nitrogens is 1. The van der Waals surface area contributed by atoms with E-state index in [2.05, 4.69) is 20.9 Å². The molecule has 0 saturated heterocycles. The number of benzene rings is 1. The second kappa shape index (κ2) is 5.48. The summed E-state index contributed by atoms with van der Waals surface area (Å²) in [5.41, 5.74) is 2.15. The van der Waals surface area contributed by atoms with Crippen molar-refractivity contribution >= 4 is 32.8 Å². The van der Waals surface area contributed by atoms with E-state index in [0.717, 1.165) is 27.4 Å². The van der Waals surface area contributed by atoms with Crippen molar-refractivity contribution in [1.82, 2.24) is 4.98 Å². The van der Waals surface area contributed by atoms with Gasteiger partial charge in [0, 0.05) is 9.86 Å². The van der Waals surface area contributed by atoms with Gasteiger partial charge in [0.25, 0.3) is 0 Å². The summed E-state index contributed by atoms with van der Waals surface area (Å²) in [5.74, 6) is -0.348. The molecule has 94 valence electrons. The first-order valence-corrected chi connectivity index (χ1v) is 6.71. The predicted molar refractivity (Wildman–Crippen MR) is 74.8 cm³/mol. The Labute approximate surface area is 114 Å². The highest BCUT2D eigenvalue weighted by molar-refractivity contribution is 9.10. The number of nitrogens with zero attached hydrogens (tertiary/aromatic N) is 1. The topological polar surface area (TPSA) is 39.2 Å². The lowest BCUT2D eigenvalue weighted by atomic mass is 10.1. The van der Waals surface area contributed by atoms with Gasteiger partial charge in [-0.25, -0.2) is 9.78 Å². The van der Waals surface area contributed by atoms with Crippen LogP contribution in [0.1, 0.15) is 29.9 Å². The van der Waals surface area contributed by atoms with Crippen LogP contribution in [-0.2, 0) is 11.2 Å². The number of esters is 1. The van der Waals surface area contributed by atoms with Gasteiger partial charge in [-0.2, -0.15) is 0 Å². The summed E-state index contributed by atoms with van der Waals surface area (Å²) in [6.07, 6.45) is 0.754. The molecule has 4 heteroatoms. The molecule has 0 aliphatic heterocycles. The SMILES string of the molecule is CCOC(=O)c1nc2ccc(Br)cc2cc1CC. The monoisotopic (exact) mass is 307 g/mol. The molecule has 1 aromatic heterocycles. The van der Waals surface area contributed by atoms with Crippen molar-refractivity contribution in [2.75, 3.05) is 6.61 Å². The van der Waals surface area contributed by atoms with E-state index in [1.54, 1.807) is 6.92 Å². The van der Waals surface area contributed by atoms with Gasteiger partial charge in [0.1, 0.15) is 0 Å². The summed E-state index contributed by atoms with van der Waals surface area (Å²) in [6, 6.07) is 7.80. The molecule has 0 spiro atoms. The van der Waals surface area contributed by atoms with Crippen LogP contribution in [0.5, 0.6) is 0 Å². The molecular weight excluding hydrogens is 294 g/mol. The van der Waals surface area contributed by atoms with Crippen molar-refractivity contribution in [3.63, 3.8) is 0 Å². The van der Waals surface area contributed by atoms with E-state index in [1.807, 2.05) is 31.2 Å². The summed E-state index contributed by atoms with van der Waals surface area (Å²) >= 11 is 3.43. The molecule has 2 rings (SSSR count). The molecule has 18 heavy (non-hydrogen) atoms. The van der Waals surface area contributed by atoms with E-state index in [9.17, 15) is 4.79 Å². The van der Waals surface area contributed by atoms with Gasteiger partial charge in [0.15, 0.2) is 5.69 Å². The van der Waals surface area contributed by atoms with Gasteiger partial charge in [0.05, 0.1) is 12.1 Å². The van der Waals surface area contributed by atoms with Crippen molar-refractivity contribution < 1.29 is 9.53 Å². The van der Waals surface area contributed by atoms with Crippen molar-refractivity contribution in [1.29, 1.82) is 0 Å².